The second kappa shape index (κ2) is 7.51. The number of benzene rings is 2. The zero-order valence-electron chi connectivity index (χ0n) is 14.0. The first kappa shape index (κ1) is 15.9. The Labute approximate surface area is 139 Å². The van der Waals surface area contributed by atoms with Crippen molar-refractivity contribution in [1.29, 1.82) is 0 Å². The molecule has 0 radical (unpaired) electrons. The number of hydrogen-bond donors (Lipinski definition) is 2. The Balaban J connectivity index is 1.51. The highest BCUT2D eigenvalue weighted by Gasteiger charge is 2.15. The van der Waals surface area contributed by atoms with E-state index in [1.807, 2.05) is 18.2 Å². The lowest BCUT2D eigenvalue weighted by Crippen LogP contribution is -2.32. The molecule has 1 heterocycles. The number of nitrogens with two attached hydrogens (primary N) is 1. The summed E-state index contributed by atoms with van der Waals surface area (Å²) in [5, 5.41) is 3.46. The SMILES string of the molecule is CC1CCN(Cc2ccc(NCc3cccc(N)c3)cc2)CC1. The predicted molar refractivity (Wildman–Crippen MR) is 98.3 cm³/mol. The van der Waals surface area contributed by atoms with Gasteiger partial charge in [0.25, 0.3) is 0 Å². The van der Waals surface area contributed by atoms with Crippen LogP contribution in [-0.2, 0) is 13.1 Å². The van der Waals surface area contributed by atoms with Gasteiger partial charge in [-0.2, -0.15) is 0 Å². The van der Waals surface area contributed by atoms with Crippen molar-refractivity contribution in [2.45, 2.75) is 32.9 Å². The minimum absolute atomic E-state index is 0.800. The highest BCUT2D eigenvalue weighted by atomic mass is 15.1. The van der Waals surface area contributed by atoms with Crippen molar-refractivity contribution >= 4 is 11.4 Å². The maximum absolute atomic E-state index is 5.81. The third-order valence-corrected chi connectivity index (χ3v) is 4.68. The van der Waals surface area contributed by atoms with E-state index in [0.717, 1.165) is 30.4 Å². The van der Waals surface area contributed by atoms with E-state index in [4.69, 9.17) is 5.73 Å². The summed E-state index contributed by atoms with van der Waals surface area (Å²) >= 11 is 0. The molecule has 0 bridgehead atoms. The van der Waals surface area contributed by atoms with Crippen LogP contribution in [0.3, 0.4) is 0 Å². The number of hydrogen-bond acceptors (Lipinski definition) is 3. The maximum Gasteiger partial charge on any atom is 0.0401 e. The van der Waals surface area contributed by atoms with E-state index in [1.165, 1.54) is 37.1 Å². The molecule has 1 aliphatic heterocycles. The van der Waals surface area contributed by atoms with E-state index in [2.05, 4.69) is 47.5 Å². The van der Waals surface area contributed by atoms with Crippen molar-refractivity contribution in [2.24, 2.45) is 5.92 Å². The minimum Gasteiger partial charge on any atom is -0.399 e. The van der Waals surface area contributed by atoms with Crippen LogP contribution in [0, 0.1) is 5.92 Å². The first-order chi connectivity index (χ1) is 11.2. The normalized spacial score (nSPS) is 16.4. The third kappa shape index (κ3) is 4.73. The van der Waals surface area contributed by atoms with Crippen molar-refractivity contribution in [1.82, 2.24) is 4.90 Å². The Kier molecular flexibility index (Phi) is 5.19. The van der Waals surface area contributed by atoms with Crippen molar-refractivity contribution in [3.63, 3.8) is 0 Å². The zero-order chi connectivity index (χ0) is 16.1. The molecule has 3 heteroatoms. The highest BCUT2D eigenvalue weighted by molar-refractivity contribution is 5.47. The monoisotopic (exact) mass is 309 g/mol. The molecule has 2 aromatic rings. The summed E-state index contributed by atoms with van der Waals surface area (Å²) in [6.07, 6.45) is 2.67. The zero-order valence-corrected chi connectivity index (χ0v) is 14.0. The fourth-order valence-corrected chi connectivity index (χ4v) is 3.11. The molecule has 0 aliphatic carbocycles. The van der Waals surface area contributed by atoms with Gasteiger partial charge >= 0.3 is 0 Å². The van der Waals surface area contributed by atoms with E-state index >= 15 is 0 Å². The standard InChI is InChI=1S/C20H27N3/c1-16-9-11-23(12-10-16)15-17-5-7-20(8-6-17)22-14-18-3-2-4-19(21)13-18/h2-8,13,16,22H,9-12,14-15,21H2,1H3. The molecular weight excluding hydrogens is 282 g/mol. The molecule has 0 atom stereocenters. The fraction of sp³-hybridized carbons (Fsp3) is 0.400. The van der Waals surface area contributed by atoms with Crippen LogP contribution >= 0.6 is 0 Å². The van der Waals surface area contributed by atoms with Crippen LogP contribution in [0.5, 0.6) is 0 Å². The Morgan fingerprint density at radius 3 is 2.48 bits per heavy atom. The molecule has 122 valence electrons. The number of nitrogens with zero attached hydrogens (tertiary/aromatic N) is 1. The minimum atomic E-state index is 0.800. The second-order valence-corrected chi connectivity index (χ2v) is 6.75. The van der Waals surface area contributed by atoms with Gasteiger partial charge in [-0.15, -0.1) is 0 Å². The third-order valence-electron chi connectivity index (χ3n) is 4.68. The summed E-state index contributed by atoms with van der Waals surface area (Å²) in [7, 11) is 0. The Morgan fingerprint density at radius 2 is 1.78 bits per heavy atom. The van der Waals surface area contributed by atoms with Gasteiger partial charge in [0.2, 0.25) is 0 Å². The molecule has 0 spiro atoms. The number of anilines is 2. The van der Waals surface area contributed by atoms with Crippen LogP contribution in [0.2, 0.25) is 0 Å². The molecular formula is C20H27N3. The van der Waals surface area contributed by atoms with Gasteiger partial charge in [0.15, 0.2) is 0 Å². The van der Waals surface area contributed by atoms with Gasteiger partial charge in [0.05, 0.1) is 0 Å². The summed E-state index contributed by atoms with van der Waals surface area (Å²) in [6, 6.07) is 16.8. The highest BCUT2D eigenvalue weighted by Crippen LogP contribution is 2.19. The smallest absolute Gasteiger partial charge is 0.0401 e. The average Bonchev–Trinajstić information content (AvgIpc) is 2.56. The van der Waals surface area contributed by atoms with Crippen molar-refractivity contribution < 1.29 is 0 Å². The molecule has 3 nitrogen and oxygen atoms in total. The van der Waals surface area contributed by atoms with E-state index < -0.39 is 0 Å². The summed E-state index contributed by atoms with van der Waals surface area (Å²) in [4.78, 5) is 2.56. The van der Waals surface area contributed by atoms with E-state index in [9.17, 15) is 0 Å². The number of nitrogen functional groups attached to an aromatic ring is 1. The molecule has 0 saturated carbocycles. The van der Waals surface area contributed by atoms with Crippen LogP contribution in [0.4, 0.5) is 11.4 Å². The van der Waals surface area contributed by atoms with Gasteiger partial charge in [0, 0.05) is 24.5 Å². The van der Waals surface area contributed by atoms with Crippen LogP contribution in [0.25, 0.3) is 0 Å². The van der Waals surface area contributed by atoms with Crippen LogP contribution in [0.15, 0.2) is 48.5 Å². The van der Waals surface area contributed by atoms with E-state index in [0.29, 0.717) is 0 Å². The fourth-order valence-electron chi connectivity index (χ4n) is 3.11. The van der Waals surface area contributed by atoms with Crippen molar-refractivity contribution in [3.05, 3.63) is 59.7 Å². The number of likely N-dealkylation sites (tertiary alicyclic amines) is 1. The van der Waals surface area contributed by atoms with Gasteiger partial charge in [0.1, 0.15) is 0 Å². The molecule has 3 rings (SSSR count). The first-order valence-corrected chi connectivity index (χ1v) is 8.58. The summed E-state index contributed by atoms with van der Waals surface area (Å²) in [5.74, 6) is 0.893. The first-order valence-electron chi connectivity index (χ1n) is 8.58. The molecule has 1 saturated heterocycles. The Hall–Kier alpha value is -2.00. The van der Waals surface area contributed by atoms with Crippen molar-refractivity contribution in [2.75, 3.05) is 24.1 Å². The summed E-state index contributed by atoms with van der Waals surface area (Å²) < 4.78 is 0. The number of rotatable bonds is 5. The molecule has 3 N–H and O–H groups in total. The summed E-state index contributed by atoms with van der Waals surface area (Å²) in [6.45, 7) is 6.70. The van der Waals surface area contributed by atoms with Gasteiger partial charge in [-0.1, -0.05) is 31.2 Å². The average molecular weight is 309 g/mol. The largest absolute Gasteiger partial charge is 0.399 e. The van der Waals surface area contributed by atoms with Crippen LogP contribution in [-0.4, -0.2) is 18.0 Å². The predicted octanol–water partition coefficient (Wildman–Crippen LogP) is 4.11. The Bertz CT molecular complexity index is 613. The van der Waals surface area contributed by atoms with Gasteiger partial charge in [-0.3, -0.25) is 4.90 Å². The molecule has 23 heavy (non-hydrogen) atoms. The van der Waals surface area contributed by atoms with E-state index in [1.54, 1.807) is 0 Å². The molecule has 2 aromatic carbocycles. The molecule has 0 unspecified atom stereocenters. The quantitative estimate of drug-likeness (QED) is 0.817. The number of piperidine rings is 1. The van der Waals surface area contributed by atoms with Crippen LogP contribution in [0.1, 0.15) is 30.9 Å². The van der Waals surface area contributed by atoms with Crippen molar-refractivity contribution in [3.8, 4) is 0 Å². The maximum atomic E-state index is 5.81. The molecule has 1 aliphatic rings. The topological polar surface area (TPSA) is 41.3 Å². The molecule has 0 aromatic heterocycles. The van der Waals surface area contributed by atoms with Gasteiger partial charge in [-0.05, 0) is 67.2 Å². The van der Waals surface area contributed by atoms with Gasteiger partial charge in [-0.25, -0.2) is 0 Å². The molecule has 0 amide bonds. The van der Waals surface area contributed by atoms with Gasteiger partial charge < -0.3 is 11.1 Å². The van der Waals surface area contributed by atoms with Crippen LogP contribution < -0.4 is 11.1 Å². The summed E-state index contributed by atoms with van der Waals surface area (Å²) in [5.41, 5.74) is 10.4. The number of nitrogens with one attached hydrogen (secondary N) is 1. The lowest BCUT2D eigenvalue weighted by atomic mass is 9.99. The lowest BCUT2D eigenvalue weighted by molar-refractivity contribution is 0.185. The van der Waals surface area contributed by atoms with E-state index in [-0.39, 0.29) is 0 Å². The lowest BCUT2D eigenvalue weighted by Gasteiger charge is -2.30. The molecule has 1 fully saturated rings. The second-order valence-electron chi connectivity index (χ2n) is 6.75. The Morgan fingerprint density at radius 1 is 1.04 bits per heavy atom.